The molecule has 0 aromatic carbocycles. The summed E-state index contributed by atoms with van der Waals surface area (Å²) in [6.45, 7) is 1.98. The van der Waals surface area contributed by atoms with E-state index in [1.54, 1.807) is 17.5 Å². The van der Waals surface area contributed by atoms with Crippen molar-refractivity contribution in [3.05, 3.63) is 28.7 Å². The van der Waals surface area contributed by atoms with Crippen molar-refractivity contribution in [2.24, 2.45) is 5.73 Å². The van der Waals surface area contributed by atoms with Crippen LogP contribution >= 0.6 is 23.7 Å². The van der Waals surface area contributed by atoms with E-state index in [0.29, 0.717) is 0 Å². The summed E-state index contributed by atoms with van der Waals surface area (Å²) >= 11 is 1.67. The predicted molar refractivity (Wildman–Crippen MR) is 61.8 cm³/mol. The van der Waals surface area contributed by atoms with Crippen molar-refractivity contribution >= 4 is 23.7 Å². The number of nitrogens with two attached hydrogens (primary N) is 1. The maximum Gasteiger partial charge on any atom is 0.138 e. The molecular formula is C9H12ClN3S. The highest BCUT2D eigenvalue weighted by Gasteiger charge is 2.06. The molecule has 0 aliphatic heterocycles. The Balaban J connectivity index is 0.000000980. The van der Waals surface area contributed by atoms with E-state index in [9.17, 15) is 0 Å². The summed E-state index contributed by atoms with van der Waals surface area (Å²) < 4.78 is 0. The number of rotatable bonds is 2. The number of aromatic amines is 1. The second kappa shape index (κ2) is 4.59. The van der Waals surface area contributed by atoms with Gasteiger partial charge in [-0.1, -0.05) is 0 Å². The van der Waals surface area contributed by atoms with Crippen LogP contribution in [0.1, 0.15) is 17.8 Å². The third-order valence-corrected chi connectivity index (χ3v) is 2.97. The molecule has 3 nitrogen and oxygen atoms in total. The van der Waals surface area contributed by atoms with Crippen molar-refractivity contribution in [1.82, 2.24) is 9.97 Å². The molecule has 5 heteroatoms. The Labute approximate surface area is 92.8 Å². The summed E-state index contributed by atoms with van der Waals surface area (Å²) in [7, 11) is 0. The number of imidazole rings is 1. The van der Waals surface area contributed by atoms with E-state index in [-0.39, 0.29) is 18.4 Å². The van der Waals surface area contributed by atoms with E-state index >= 15 is 0 Å². The number of hydrogen-bond acceptors (Lipinski definition) is 3. The Morgan fingerprint density at radius 1 is 1.57 bits per heavy atom. The number of H-pyrrole nitrogens is 1. The molecule has 0 bridgehead atoms. The zero-order valence-electron chi connectivity index (χ0n) is 7.73. The Morgan fingerprint density at radius 2 is 2.36 bits per heavy atom. The molecular weight excluding hydrogens is 218 g/mol. The molecule has 0 unspecified atom stereocenters. The number of thiophene rings is 1. The molecule has 0 aliphatic carbocycles. The molecule has 0 saturated heterocycles. The minimum atomic E-state index is 0. The molecule has 2 aromatic heterocycles. The van der Waals surface area contributed by atoms with Crippen molar-refractivity contribution in [3.63, 3.8) is 0 Å². The van der Waals surface area contributed by atoms with Crippen LogP contribution in [0.2, 0.25) is 0 Å². The van der Waals surface area contributed by atoms with E-state index in [1.807, 2.05) is 13.1 Å². The quantitative estimate of drug-likeness (QED) is 0.832. The average molecular weight is 230 g/mol. The van der Waals surface area contributed by atoms with Crippen LogP contribution in [0, 0.1) is 0 Å². The molecule has 2 aromatic rings. The SMILES string of the molecule is C[C@@H](N)c1cc(-c2ncc[nH]2)cs1.Cl. The number of halogens is 1. The van der Waals surface area contributed by atoms with E-state index in [2.05, 4.69) is 21.4 Å². The molecule has 14 heavy (non-hydrogen) atoms. The molecule has 76 valence electrons. The average Bonchev–Trinajstić information content (AvgIpc) is 2.75. The summed E-state index contributed by atoms with van der Waals surface area (Å²) in [5.74, 6) is 0.906. The van der Waals surface area contributed by atoms with Gasteiger partial charge in [0.15, 0.2) is 0 Å². The Bertz CT molecular complexity index is 380. The third kappa shape index (κ3) is 2.15. The fourth-order valence-electron chi connectivity index (χ4n) is 1.14. The molecule has 0 fully saturated rings. The van der Waals surface area contributed by atoms with Crippen molar-refractivity contribution in [1.29, 1.82) is 0 Å². The molecule has 3 N–H and O–H groups in total. The van der Waals surface area contributed by atoms with Gasteiger partial charge in [0, 0.05) is 34.3 Å². The van der Waals surface area contributed by atoms with E-state index in [0.717, 1.165) is 11.4 Å². The van der Waals surface area contributed by atoms with Crippen LogP contribution < -0.4 is 5.73 Å². The Morgan fingerprint density at radius 3 is 2.86 bits per heavy atom. The predicted octanol–water partition coefficient (Wildman–Crippen LogP) is 2.58. The van der Waals surface area contributed by atoms with Crippen LogP contribution in [0.5, 0.6) is 0 Å². The minimum Gasteiger partial charge on any atom is -0.345 e. The first kappa shape index (κ1) is 11.2. The van der Waals surface area contributed by atoms with Crippen LogP contribution in [0.15, 0.2) is 23.8 Å². The van der Waals surface area contributed by atoms with Crippen LogP contribution in [0.25, 0.3) is 11.4 Å². The van der Waals surface area contributed by atoms with Crippen molar-refractivity contribution in [2.75, 3.05) is 0 Å². The highest BCUT2D eigenvalue weighted by Crippen LogP contribution is 2.25. The van der Waals surface area contributed by atoms with Crippen LogP contribution in [-0.2, 0) is 0 Å². The molecule has 2 rings (SSSR count). The van der Waals surface area contributed by atoms with E-state index < -0.39 is 0 Å². The van der Waals surface area contributed by atoms with Gasteiger partial charge in [0.25, 0.3) is 0 Å². The molecule has 0 aliphatic rings. The number of nitrogens with one attached hydrogen (secondary N) is 1. The summed E-state index contributed by atoms with van der Waals surface area (Å²) in [4.78, 5) is 8.42. The highest BCUT2D eigenvalue weighted by atomic mass is 35.5. The second-order valence-corrected chi connectivity index (χ2v) is 3.91. The van der Waals surface area contributed by atoms with Gasteiger partial charge < -0.3 is 10.7 Å². The maximum absolute atomic E-state index is 5.76. The molecule has 0 radical (unpaired) electrons. The van der Waals surface area contributed by atoms with Crippen molar-refractivity contribution < 1.29 is 0 Å². The normalized spacial score (nSPS) is 12.1. The zero-order chi connectivity index (χ0) is 9.26. The standard InChI is InChI=1S/C9H11N3S.ClH/c1-6(10)8-4-7(5-13-8)9-11-2-3-12-9;/h2-6H,10H2,1H3,(H,11,12);1H/t6-;/m1./s1. The van der Waals surface area contributed by atoms with Gasteiger partial charge in [-0.05, 0) is 13.0 Å². The fraction of sp³-hybridized carbons (Fsp3) is 0.222. The summed E-state index contributed by atoms with van der Waals surface area (Å²) in [6.07, 6.45) is 3.57. The first-order chi connectivity index (χ1) is 6.27. The van der Waals surface area contributed by atoms with Gasteiger partial charge in [-0.2, -0.15) is 0 Å². The molecule has 0 spiro atoms. The fourth-order valence-corrected chi connectivity index (χ4v) is 1.99. The lowest BCUT2D eigenvalue weighted by Gasteiger charge is -1.97. The number of aromatic nitrogens is 2. The maximum atomic E-state index is 5.76. The summed E-state index contributed by atoms with van der Waals surface area (Å²) in [5, 5.41) is 2.07. The van der Waals surface area contributed by atoms with Crippen LogP contribution in [0.4, 0.5) is 0 Å². The highest BCUT2D eigenvalue weighted by molar-refractivity contribution is 7.10. The lowest BCUT2D eigenvalue weighted by atomic mass is 10.2. The van der Waals surface area contributed by atoms with E-state index in [1.165, 1.54) is 4.88 Å². The smallest absolute Gasteiger partial charge is 0.138 e. The molecule has 1 atom stereocenters. The van der Waals surface area contributed by atoms with Crippen LogP contribution in [0.3, 0.4) is 0 Å². The third-order valence-electron chi connectivity index (χ3n) is 1.84. The van der Waals surface area contributed by atoms with Gasteiger partial charge in [-0.3, -0.25) is 0 Å². The monoisotopic (exact) mass is 229 g/mol. The summed E-state index contributed by atoms with van der Waals surface area (Å²) in [6, 6.07) is 2.18. The van der Waals surface area contributed by atoms with Gasteiger partial charge in [0.1, 0.15) is 5.82 Å². The summed E-state index contributed by atoms with van der Waals surface area (Å²) in [5.41, 5.74) is 6.87. The van der Waals surface area contributed by atoms with Gasteiger partial charge in [-0.15, -0.1) is 23.7 Å². The van der Waals surface area contributed by atoms with Gasteiger partial charge in [0.05, 0.1) is 0 Å². The number of nitrogens with zero attached hydrogens (tertiary/aromatic N) is 1. The molecule has 0 amide bonds. The van der Waals surface area contributed by atoms with E-state index in [4.69, 9.17) is 5.73 Å². The molecule has 2 heterocycles. The van der Waals surface area contributed by atoms with Crippen molar-refractivity contribution in [2.45, 2.75) is 13.0 Å². The van der Waals surface area contributed by atoms with Gasteiger partial charge in [0.2, 0.25) is 0 Å². The second-order valence-electron chi connectivity index (χ2n) is 2.96. The zero-order valence-corrected chi connectivity index (χ0v) is 9.36. The van der Waals surface area contributed by atoms with Gasteiger partial charge >= 0.3 is 0 Å². The first-order valence-corrected chi connectivity index (χ1v) is 4.99. The molecule has 0 saturated carbocycles. The topological polar surface area (TPSA) is 54.7 Å². The Hall–Kier alpha value is -0.840. The van der Waals surface area contributed by atoms with Crippen molar-refractivity contribution in [3.8, 4) is 11.4 Å². The first-order valence-electron chi connectivity index (χ1n) is 4.11. The van der Waals surface area contributed by atoms with Crippen LogP contribution in [-0.4, -0.2) is 9.97 Å². The minimum absolute atomic E-state index is 0. The lowest BCUT2D eigenvalue weighted by molar-refractivity contribution is 0.838. The lowest BCUT2D eigenvalue weighted by Crippen LogP contribution is -2.01. The Kier molecular flexibility index (Phi) is 3.69. The largest absolute Gasteiger partial charge is 0.345 e. The van der Waals surface area contributed by atoms with Gasteiger partial charge in [-0.25, -0.2) is 4.98 Å². The number of hydrogen-bond donors (Lipinski definition) is 2.